The lowest BCUT2D eigenvalue weighted by Crippen LogP contribution is -2.56. The second kappa shape index (κ2) is 14.5. The maximum Gasteiger partial charge on any atom is 0.398 e. The van der Waals surface area contributed by atoms with Gasteiger partial charge in [-0.25, -0.2) is 4.79 Å². The molecule has 7 nitrogen and oxygen atoms in total. The molecule has 0 aliphatic carbocycles. The van der Waals surface area contributed by atoms with Crippen LogP contribution in [0.3, 0.4) is 0 Å². The van der Waals surface area contributed by atoms with E-state index in [2.05, 4.69) is 6.92 Å². The van der Waals surface area contributed by atoms with Crippen LogP contribution in [0.2, 0.25) is 0 Å². The SMILES string of the molecule is CCCCCc1ccc(-c2cc3ccc(OCC(COC(=O)C(C)(CC(C)(C)C)C(C)(C)N)C(F)(F)F)cc3oc2=O)c(OC)c1. The molecule has 254 valence electrons. The second-order valence-electron chi connectivity index (χ2n) is 14.1. The summed E-state index contributed by atoms with van der Waals surface area (Å²) in [6.45, 7) is 11.1. The number of fused-ring (bicyclic) bond motifs is 1. The zero-order chi connectivity index (χ0) is 34.5. The van der Waals surface area contributed by atoms with Gasteiger partial charge in [0, 0.05) is 22.6 Å². The summed E-state index contributed by atoms with van der Waals surface area (Å²) in [4.78, 5) is 26.2. The first-order valence-corrected chi connectivity index (χ1v) is 15.7. The van der Waals surface area contributed by atoms with Gasteiger partial charge in [0.15, 0.2) is 0 Å². The number of carbonyl (C=O) groups excluding carboxylic acids is 1. The normalized spacial score (nSPS) is 14.5. The average Bonchev–Trinajstić information content (AvgIpc) is 2.94. The van der Waals surface area contributed by atoms with E-state index in [0.29, 0.717) is 28.7 Å². The summed E-state index contributed by atoms with van der Waals surface area (Å²) in [6, 6.07) is 11.8. The van der Waals surface area contributed by atoms with Gasteiger partial charge >= 0.3 is 17.8 Å². The Labute approximate surface area is 269 Å². The Morgan fingerprint density at radius 3 is 2.22 bits per heavy atom. The monoisotopic (exact) mass is 647 g/mol. The Morgan fingerprint density at radius 2 is 1.63 bits per heavy atom. The molecule has 0 fully saturated rings. The van der Waals surface area contributed by atoms with Crippen molar-refractivity contribution in [1.82, 2.24) is 0 Å². The van der Waals surface area contributed by atoms with E-state index in [1.165, 1.54) is 12.1 Å². The molecule has 0 radical (unpaired) electrons. The van der Waals surface area contributed by atoms with Gasteiger partial charge in [-0.1, -0.05) is 52.7 Å². The predicted octanol–water partition coefficient (Wildman–Crippen LogP) is 8.48. The minimum atomic E-state index is -4.71. The number of nitrogens with two attached hydrogens (primary N) is 1. The van der Waals surface area contributed by atoms with E-state index in [1.807, 2.05) is 39.0 Å². The highest BCUT2D eigenvalue weighted by molar-refractivity contribution is 5.84. The molecule has 2 unspecified atom stereocenters. The lowest BCUT2D eigenvalue weighted by Gasteiger charge is -2.43. The number of unbranched alkanes of at least 4 members (excludes halogenated alkanes) is 2. The third kappa shape index (κ3) is 9.27. The molecule has 46 heavy (non-hydrogen) atoms. The van der Waals surface area contributed by atoms with E-state index in [4.69, 9.17) is 24.4 Å². The first-order chi connectivity index (χ1) is 21.3. The third-order valence-electron chi connectivity index (χ3n) is 8.42. The predicted molar refractivity (Wildman–Crippen MR) is 174 cm³/mol. The number of methoxy groups -OCH3 is 1. The summed E-state index contributed by atoms with van der Waals surface area (Å²) < 4.78 is 63.8. The van der Waals surface area contributed by atoms with Crippen LogP contribution in [0.25, 0.3) is 22.1 Å². The van der Waals surface area contributed by atoms with Gasteiger partial charge in [-0.2, -0.15) is 13.2 Å². The van der Waals surface area contributed by atoms with Crippen molar-refractivity contribution in [2.24, 2.45) is 22.5 Å². The van der Waals surface area contributed by atoms with E-state index in [1.54, 1.807) is 40.0 Å². The number of aryl methyl sites for hydroxylation is 1. The number of carbonyl (C=O) groups is 1. The molecule has 1 aromatic heterocycles. The van der Waals surface area contributed by atoms with Gasteiger partial charge in [0.05, 0.1) is 18.1 Å². The molecule has 0 spiro atoms. The quantitative estimate of drug-likeness (QED) is 0.106. The number of rotatable bonds is 14. The van der Waals surface area contributed by atoms with Crippen molar-refractivity contribution < 1.29 is 36.6 Å². The highest BCUT2D eigenvalue weighted by Crippen LogP contribution is 2.42. The first-order valence-electron chi connectivity index (χ1n) is 15.7. The Kier molecular flexibility index (Phi) is 11.6. The van der Waals surface area contributed by atoms with Gasteiger partial charge in [-0.3, -0.25) is 4.79 Å². The number of esters is 1. The second-order valence-corrected chi connectivity index (χ2v) is 14.1. The smallest absolute Gasteiger partial charge is 0.398 e. The Balaban J connectivity index is 1.78. The zero-order valence-electron chi connectivity index (χ0n) is 28.2. The fourth-order valence-corrected chi connectivity index (χ4v) is 5.46. The number of benzene rings is 2. The first kappa shape index (κ1) is 36.9. The van der Waals surface area contributed by atoms with Crippen LogP contribution < -0.4 is 20.8 Å². The van der Waals surface area contributed by atoms with Crippen molar-refractivity contribution in [3.63, 3.8) is 0 Å². The molecule has 2 N–H and O–H groups in total. The molecule has 0 bridgehead atoms. The van der Waals surface area contributed by atoms with Crippen molar-refractivity contribution in [2.75, 3.05) is 20.3 Å². The molecule has 2 atom stereocenters. The van der Waals surface area contributed by atoms with Crippen LogP contribution in [-0.4, -0.2) is 38.0 Å². The summed E-state index contributed by atoms with van der Waals surface area (Å²) >= 11 is 0. The Morgan fingerprint density at radius 1 is 0.935 bits per heavy atom. The van der Waals surface area contributed by atoms with Crippen molar-refractivity contribution in [1.29, 1.82) is 0 Å². The number of ether oxygens (including phenoxy) is 3. The molecule has 0 aliphatic rings. The average molecular weight is 648 g/mol. The van der Waals surface area contributed by atoms with E-state index < -0.39 is 47.9 Å². The fourth-order valence-electron chi connectivity index (χ4n) is 5.46. The van der Waals surface area contributed by atoms with Gasteiger partial charge in [0.25, 0.3) is 0 Å². The molecule has 10 heteroatoms. The van der Waals surface area contributed by atoms with Crippen molar-refractivity contribution in [2.45, 2.75) is 92.3 Å². The highest BCUT2D eigenvalue weighted by atomic mass is 19.4. The van der Waals surface area contributed by atoms with Gasteiger partial charge < -0.3 is 24.4 Å². The van der Waals surface area contributed by atoms with Crippen LogP contribution in [0.5, 0.6) is 11.5 Å². The van der Waals surface area contributed by atoms with Crippen molar-refractivity contribution >= 4 is 16.9 Å². The maximum atomic E-state index is 14.0. The third-order valence-corrected chi connectivity index (χ3v) is 8.42. The number of alkyl halides is 3. The summed E-state index contributed by atoms with van der Waals surface area (Å²) in [5.74, 6) is -2.28. The minimum Gasteiger partial charge on any atom is -0.496 e. The molecular weight excluding hydrogens is 599 g/mol. The lowest BCUT2D eigenvalue weighted by atomic mass is 9.65. The van der Waals surface area contributed by atoms with E-state index in [-0.39, 0.29) is 16.7 Å². The molecule has 3 rings (SSSR count). The fraction of sp³-hybridized carbons (Fsp3) is 0.556. The largest absolute Gasteiger partial charge is 0.496 e. The van der Waals surface area contributed by atoms with Crippen LogP contribution in [0.1, 0.15) is 79.7 Å². The number of hydrogen-bond donors (Lipinski definition) is 1. The number of hydrogen-bond acceptors (Lipinski definition) is 7. The van der Waals surface area contributed by atoms with Gasteiger partial charge in [0.2, 0.25) is 0 Å². The molecule has 0 saturated carbocycles. The lowest BCUT2D eigenvalue weighted by molar-refractivity contribution is -0.201. The Bertz CT molecular complexity index is 1550. The standard InChI is InChI=1S/C36H48F3NO6/c1-9-10-11-12-23-13-16-27(30(17-23)43-8)28-18-24-14-15-26(19-29(24)46-31(28)41)44-20-25(36(37,38)39)21-45-32(42)35(7,34(5,6)40)22-33(2,3)4/h13-19,25H,9-12,20-22,40H2,1-8H3. The zero-order valence-corrected chi connectivity index (χ0v) is 28.2. The maximum absolute atomic E-state index is 14.0. The van der Waals surface area contributed by atoms with Gasteiger partial charge in [-0.15, -0.1) is 0 Å². The van der Waals surface area contributed by atoms with E-state index in [9.17, 15) is 22.8 Å². The van der Waals surface area contributed by atoms with Crippen LogP contribution >= 0.6 is 0 Å². The van der Waals surface area contributed by atoms with Gasteiger partial charge in [-0.05, 0) is 75.3 Å². The summed E-state index contributed by atoms with van der Waals surface area (Å²) in [5, 5.41) is 0.555. The Hall–Kier alpha value is -3.53. The van der Waals surface area contributed by atoms with Crippen molar-refractivity contribution in [3.05, 3.63) is 58.4 Å². The molecule has 3 aromatic rings. The number of halogens is 3. The van der Waals surface area contributed by atoms with Crippen LogP contribution in [0.4, 0.5) is 13.2 Å². The summed E-state index contributed by atoms with van der Waals surface area (Å²) in [5.41, 5.74) is 5.23. The van der Waals surface area contributed by atoms with Crippen molar-refractivity contribution in [3.8, 4) is 22.6 Å². The molecular formula is C36H48F3NO6. The van der Waals surface area contributed by atoms with E-state index in [0.717, 1.165) is 31.2 Å². The minimum absolute atomic E-state index is 0.0682. The molecule has 2 aromatic carbocycles. The molecule has 0 amide bonds. The highest BCUT2D eigenvalue weighted by Gasteiger charge is 2.49. The topological polar surface area (TPSA) is 101 Å². The molecule has 0 aliphatic heterocycles. The van der Waals surface area contributed by atoms with Crippen LogP contribution in [-0.2, 0) is 16.0 Å². The molecule has 0 saturated heterocycles. The summed E-state index contributed by atoms with van der Waals surface area (Å²) in [6.07, 6.45) is -0.194. The van der Waals surface area contributed by atoms with Crippen LogP contribution in [0.15, 0.2) is 51.7 Å². The van der Waals surface area contributed by atoms with E-state index >= 15 is 0 Å². The summed E-state index contributed by atoms with van der Waals surface area (Å²) in [7, 11) is 1.54. The van der Waals surface area contributed by atoms with Crippen LogP contribution in [0, 0.1) is 16.7 Å². The molecule has 1 heterocycles. The van der Waals surface area contributed by atoms with Gasteiger partial charge in [0.1, 0.15) is 36.2 Å².